The highest BCUT2D eigenvalue weighted by Gasteiger charge is 2.43. The van der Waals surface area contributed by atoms with Crippen molar-refractivity contribution in [2.24, 2.45) is 22.9 Å². The van der Waals surface area contributed by atoms with Crippen LogP contribution in [0.2, 0.25) is 0 Å². The molecule has 180 valence electrons. The number of aromatic nitrogens is 3. The van der Waals surface area contributed by atoms with E-state index in [4.69, 9.17) is 9.56 Å². The van der Waals surface area contributed by atoms with Crippen molar-refractivity contribution in [3.05, 3.63) is 42.7 Å². The molecule has 34 heavy (non-hydrogen) atoms. The minimum Gasteiger partial charge on any atom is -0.461 e. The van der Waals surface area contributed by atoms with Gasteiger partial charge in [-0.3, -0.25) is 9.36 Å². The van der Waals surface area contributed by atoms with Crippen LogP contribution in [0.3, 0.4) is 0 Å². The fraction of sp³-hybridized carbons (Fsp3) is 0.435. The molecule has 11 heteroatoms. The van der Waals surface area contributed by atoms with Gasteiger partial charge in [-0.2, -0.15) is 0 Å². The predicted octanol–water partition coefficient (Wildman–Crippen LogP) is 3.91. The number of rotatable bonds is 8. The predicted molar refractivity (Wildman–Crippen MR) is 129 cm³/mol. The lowest BCUT2D eigenvalue weighted by Gasteiger charge is -2.30. The lowest BCUT2D eigenvalue weighted by Crippen LogP contribution is -2.23. The van der Waals surface area contributed by atoms with Gasteiger partial charge >= 0.3 is 0 Å². The molecule has 3 aromatic rings. The standard InChI is InChI=1S/C23H27N5O4S2/c1-14(19-11-15-7-8-16(19)10-15)28-22(20-6-3-9-32-20)26-27-23(28)33-13-21(29)25-17-4-2-5-18(12-17)34(24,30)31/h2-6,9,12,14-16,19H,7-8,10-11,13H2,1H3,(H,25,29)(H2,24,30,31)/t14-,15+,16+,19+/m0/s1. The van der Waals surface area contributed by atoms with Gasteiger partial charge in [0.25, 0.3) is 0 Å². The molecule has 0 unspecified atom stereocenters. The average molecular weight is 502 g/mol. The second kappa shape index (κ2) is 9.20. The number of carbonyl (C=O) groups excluding carboxylic acids is 1. The van der Waals surface area contributed by atoms with Crippen LogP contribution in [-0.4, -0.2) is 34.8 Å². The van der Waals surface area contributed by atoms with Crippen molar-refractivity contribution in [2.45, 2.75) is 48.7 Å². The summed E-state index contributed by atoms with van der Waals surface area (Å²) in [5, 5.41) is 17.4. The SMILES string of the molecule is C[C@@H]([C@H]1C[C@@H]2CC[C@@H]1C2)n1c(SCC(=O)Nc2cccc(S(N)(=O)=O)c2)nnc1-c1ccco1. The molecule has 2 aliphatic rings. The number of nitrogens with two attached hydrogens (primary N) is 1. The van der Waals surface area contributed by atoms with Gasteiger partial charge in [-0.05, 0) is 74.3 Å². The first kappa shape index (κ1) is 23.1. The molecular weight excluding hydrogens is 474 g/mol. The summed E-state index contributed by atoms with van der Waals surface area (Å²) in [7, 11) is -3.85. The van der Waals surface area contributed by atoms with Crippen molar-refractivity contribution in [3.63, 3.8) is 0 Å². The molecule has 5 rings (SSSR count). The number of benzene rings is 1. The van der Waals surface area contributed by atoms with Gasteiger partial charge in [-0.25, -0.2) is 13.6 Å². The van der Waals surface area contributed by atoms with E-state index in [1.807, 2.05) is 12.1 Å². The van der Waals surface area contributed by atoms with Crippen LogP contribution in [0.15, 0.2) is 57.1 Å². The van der Waals surface area contributed by atoms with Gasteiger partial charge in [-0.15, -0.1) is 10.2 Å². The lowest BCUT2D eigenvalue weighted by atomic mass is 9.84. The molecular formula is C23H27N5O4S2. The topological polar surface area (TPSA) is 133 Å². The number of furan rings is 1. The Bertz CT molecular complexity index is 1290. The Morgan fingerprint density at radius 3 is 2.79 bits per heavy atom. The highest BCUT2D eigenvalue weighted by Crippen LogP contribution is 2.53. The monoisotopic (exact) mass is 501 g/mol. The second-order valence-corrected chi connectivity index (χ2v) is 11.6. The van der Waals surface area contributed by atoms with E-state index in [0.717, 1.165) is 11.8 Å². The van der Waals surface area contributed by atoms with Gasteiger partial charge in [0.1, 0.15) is 0 Å². The largest absolute Gasteiger partial charge is 0.461 e. The van der Waals surface area contributed by atoms with Gasteiger partial charge in [0, 0.05) is 11.7 Å². The Hall–Kier alpha value is -2.63. The van der Waals surface area contributed by atoms with E-state index in [0.29, 0.717) is 28.3 Å². The number of primary sulfonamides is 1. The zero-order valence-electron chi connectivity index (χ0n) is 18.8. The fourth-order valence-corrected chi connectivity index (χ4v) is 6.85. The highest BCUT2D eigenvalue weighted by molar-refractivity contribution is 7.99. The fourth-order valence-electron chi connectivity index (χ4n) is 5.47. The lowest BCUT2D eigenvalue weighted by molar-refractivity contribution is -0.113. The van der Waals surface area contributed by atoms with Gasteiger partial charge in [0.15, 0.2) is 10.9 Å². The zero-order chi connectivity index (χ0) is 23.9. The number of hydrogen-bond donors (Lipinski definition) is 2. The first-order valence-electron chi connectivity index (χ1n) is 11.3. The molecule has 4 atom stereocenters. The molecule has 2 saturated carbocycles. The summed E-state index contributed by atoms with van der Waals surface area (Å²) >= 11 is 1.30. The summed E-state index contributed by atoms with van der Waals surface area (Å²) in [5.41, 5.74) is 0.366. The molecule has 2 heterocycles. The molecule has 3 N–H and O–H groups in total. The van der Waals surface area contributed by atoms with Crippen LogP contribution in [0.25, 0.3) is 11.6 Å². The van der Waals surface area contributed by atoms with Crippen molar-refractivity contribution < 1.29 is 17.6 Å². The summed E-state index contributed by atoms with van der Waals surface area (Å²) in [6, 6.07) is 9.75. The molecule has 0 aliphatic heterocycles. The molecule has 9 nitrogen and oxygen atoms in total. The number of carbonyl (C=O) groups is 1. The van der Waals surface area contributed by atoms with E-state index in [-0.39, 0.29) is 22.6 Å². The Labute approximate surface area is 202 Å². The van der Waals surface area contributed by atoms with Crippen LogP contribution in [0, 0.1) is 17.8 Å². The van der Waals surface area contributed by atoms with Gasteiger partial charge in [-0.1, -0.05) is 24.2 Å². The number of fused-ring (bicyclic) bond motifs is 2. The van der Waals surface area contributed by atoms with Crippen LogP contribution in [0.4, 0.5) is 5.69 Å². The maximum absolute atomic E-state index is 12.6. The molecule has 2 fully saturated rings. The summed E-state index contributed by atoms with van der Waals surface area (Å²) in [5.74, 6) is 3.23. The summed E-state index contributed by atoms with van der Waals surface area (Å²) in [6.45, 7) is 2.21. The molecule has 1 amide bonds. The van der Waals surface area contributed by atoms with Crippen molar-refractivity contribution >= 4 is 33.4 Å². The van der Waals surface area contributed by atoms with Crippen molar-refractivity contribution in [2.75, 3.05) is 11.1 Å². The van der Waals surface area contributed by atoms with E-state index in [1.54, 1.807) is 12.3 Å². The maximum Gasteiger partial charge on any atom is 0.238 e. The molecule has 2 bridgehead atoms. The van der Waals surface area contributed by atoms with E-state index in [2.05, 4.69) is 27.0 Å². The van der Waals surface area contributed by atoms with Gasteiger partial charge in [0.05, 0.1) is 16.9 Å². The summed E-state index contributed by atoms with van der Waals surface area (Å²) in [4.78, 5) is 12.6. The third kappa shape index (κ3) is 4.64. The van der Waals surface area contributed by atoms with Gasteiger partial charge < -0.3 is 9.73 Å². The van der Waals surface area contributed by atoms with E-state index >= 15 is 0 Å². The Kier molecular flexibility index (Phi) is 6.26. The number of amides is 1. The Morgan fingerprint density at radius 1 is 1.26 bits per heavy atom. The third-order valence-corrected chi connectivity index (χ3v) is 8.86. The smallest absolute Gasteiger partial charge is 0.238 e. The van der Waals surface area contributed by atoms with E-state index in [1.165, 1.54) is 55.6 Å². The van der Waals surface area contributed by atoms with E-state index in [9.17, 15) is 13.2 Å². The van der Waals surface area contributed by atoms with Crippen LogP contribution >= 0.6 is 11.8 Å². The van der Waals surface area contributed by atoms with Crippen LogP contribution in [0.5, 0.6) is 0 Å². The number of nitrogens with zero attached hydrogens (tertiary/aromatic N) is 3. The number of anilines is 1. The number of hydrogen-bond acceptors (Lipinski definition) is 7. The normalized spacial score (nSPS) is 22.7. The van der Waals surface area contributed by atoms with Gasteiger partial charge in [0.2, 0.25) is 21.8 Å². The minimum absolute atomic E-state index is 0.0551. The second-order valence-electron chi connectivity index (χ2n) is 9.14. The first-order valence-corrected chi connectivity index (χ1v) is 13.9. The summed E-state index contributed by atoms with van der Waals surface area (Å²) < 4.78 is 30.9. The highest BCUT2D eigenvalue weighted by atomic mass is 32.2. The van der Waals surface area contributed by atoms with E-state index < -0.39 is 10.0 Å². The van der Waals surface area contributed by atoms with Crippen molar-refractivity contribution in [1.29, 1.82) is 0 Å². The van der Waals surface area contributed by atoms with Crippen LogP contribution in [0.1, 0.15) is 38.6 Å². The maximum atomic E-state index is 12.6. The number of sulfonamides is 1. The zero-order valence-corrected chi connectivity index (χ0v) is 20.4. The molecule has 0 spiro atoms. The summed E-state index contributed by atoms with van der Waals surface area (Å²) in [6.07, 6.45) is 6.74. The minimum atomic E-state index is -3.85. The average Bonchev–Trinajstić information content (AvgIpc) is 3.60. The Balaban J connectivity index is 1.33. The number of thioether (sulfide) groups is 1. The first-order chi connectivity index (χ1) is 16.3. The molecule has 0 saturated heterocycles. The molecule has 1 aromatic carbocycles. The van der Waals surface area contributed by atoms with Crippen molar-refractivity contribution in [3.8, 4) is 11.6 Å². The van der Waals surface area contributed by atoms with Crippen LogP contribution < -0.4 is 10.5 Å². The molecule has 2 aromatic heterocycles. The van der Waals surface area contributed by atoms with Crippen molar-refractivity contribution in [1.82, 2.24) is 14.8 Å². The molecule has 2 aliphatic carbocycles. The third-order valence-electron chi connectivity index (χ3n) is 7.00. The number of nitrogens with one attached hydrogen (secondary N) is 1. The van der Waals surface area contributed by atoms with Crippen LogP contribution in [-0.2, 0) is 14.8 Å². The quantitative estimate of drug-likeness (QED) is 0.447. The molecule has 0 radical (unpaired) electrons. The Morgan fingerprint density at radius 2 is 2.12 bits per heavy atom.